The van der Waals surface area contributed by atoms with Gasteiger partial charge in [-0.05, 0) is 24.3 Å². The van der Waals surface area contributed by atoms with Gasteiger partial charge in [0.1, 0.15) is 4.99 Å². The standard InChI is InChI=1S/C8H5Cl4NS/c9-5-1-3-6(4-2-5)13-7(14)8(10,11)12/h1-4H,(H,13,14). The van der Waals surface area contributed by atoms with Crippen molar-refractivity contribution in [1.29, 1.82) is 0 Å². The minimum absolute atomic E-state index is 0.129. The smallest absolute Gasteiger partial charge is 0.240 e. The van der Waals surface area contributed by atoms with Crippen LogP contribution >= 0.6 is 58.6 Å². The molecule has 0 aromatic heterocycles. The summed E-state index contributed by atoms with van der Waals surface area (Å²) < 4.78 is -1.59. The van der Waals surface area contributed by atoms with Gasteiger partial charge in [0.15, 0.2) is 0 Å². The molecule has 1 rings (SSSR count). The number of alkyl halides is 3. The van der Waals surface area contributed by atoms with Gasteiger partial charge >= 0.3 is 0 Å². The highest BCUT2D eigenvalue weighted by Gasteiger charge is 2.26. The van der Waals surface area contributed by atoms with Gasteiger partial charge in [0.05, 0.1) is 0 Å². The number of thiocarbonyl (C=S) groups is 1. The zero-order valence-corrected chi connectivity index (χ0v) is 10.6. The lowest BCUT2D eigenvalue weighted by atomic mass is 10.3. The fourth-order valence-corrected chi connectivity index (χ4v) is 1.12. The summed E-state index contributed by atoms with van der Waals surface area (Å²) in [6, 6.07) is 6.91. The van der Waals surface area contributed by atoms with Crippen LogP contribution in [0.4, 0.5) is 5.69 Å². The number of anilines is 1. The fraction of sp³-hybridized carbons (Fsp3) is 0.125. The van der Waals surface area contributed by atoms with E-state index < -0.39 is 3.79 Å². The quantitative estimate of drug-likeness (QED) is 0.605. The average molecular weight is 289 g/mol. The topological polar surface area (TPSA) is 12.0 Å². The first-order chi connectivity index (χ1) is 6.39. The molecule has 14 heavy (non-hydrogen) atoms. The van der Waals surface area contributed by atoms with Crippen LogP contribution in [-0.4, -0.2) is 8.78 Å². The van der Waals surface area contributed by atoms with Crippen LogP contribution in [-0.2, 0) is 0 Å². The van der Waals surface area contributed by atoms with Crippen molar-refractivity contribution >= 4 is 69.3 Å². The van der Waals surface area contributed by atoms with Crippen molar-refractivity contribution in [2.45, 2.75) is 3.79 Å². The van der Waals surface area contributed by atoms with E-state index in [4.69, 9.17) is 58.6 Å². The van der Waals surface area contributed by atoms with Gasteiger partial charge in [0, 0.05) is 10.7 Å². The van der Waals surface area contributed by atoms with Crippen LogP contribution in [0.5, 0.6) is 0 Å². The van der Waals surface area contributed by atoms with E-state index in [1.807, 2.05) is 0 Å². The molecule has 0 aliphatic carbocycles. The highest BCUT2D eigenvalue weighted by atomic mass is 35.6. The molecule has 0 radical (unpaired) electrons. The van der Waals surface area contributed by atoms with Crippen LogP contribution in [0.1, 0.15) is 0 Å². The van der Waals surface area contributed by atoms with Crippen molar-refractivity contribution in [3.63, 3.8) is 0 Å². The molecule has 0 spiro atoms. The molecule has 6 heteroatoms. The van der Waals surface area contributed by atoms with Gasteiger partial charge in [0.2, 0.25) is 3.79 Å². The maximum atomic E-state index is 5.70. The van der Waals surface area contributed by atoms with Gasteiger partial charge in [-0.2, -0.15) is 0 Å². The van der Waals surface area contributed by atoms with Crippen LogP contribution in [0, 0.1) is 0 Å². The summed E-state index contributed by atoms with van der Waals surface area (Å²) in [6.07, 6.45) is 0. The molecule has 0 saturated carbocycles. The van der Waals surface area contributed by atoms with Crippen LogP contribution in [0.2, 0.25) is 5.02 Å². The SMILES string of the molecule is S=C(Nc1ccc(Cl)cc1)C(Cl)(Cl)Cl. The first-order valence-electron chi connectivity index (χ1n) is 3.53. The summed E-state index contributed by atoms with van der Waals surface area (Å²) in [5.41, 5.74) is 0.728. The molecule has 0 atom stereocenters. The molecule has 0 heterocycles. The van der Waals surface area contributed by atoms with Crippen LogP contribution in [0.15, 0.2) is 24.3 Å². The molecule has 1 aromatic carbocycles. The lowest BCUT2D eigenvalue weighted by Crippen LogP contribution is -2.24. The summed E-state index contributed by atoms with van der Waals surface area (Å²) in [6.45, 7) is 0. The Balaban J connectivity index is 2.71. The Morgan fingerprint density at radius 2 is 1.64 bits per heavy atom. The van der Waals surface area contributed by atoms with Crippen molar-refractivity contribution < 1.29 is 0 Å². The highest BCUT2D eigenvalue weighted by Crippen LogP contribution is 2.28. The van der Waals surface area contributed by atoms with Crippen molar-refractivity contribution in [2.75, 3.05) is 5.32 Å². The molecule has 0 unspecified atom stereocenters. The summed E-state index contributed by atoms with van der Waals surface area (Å²) >= 11 is 27.3. The number of halogens is 4. The minimum atomic E-state index is -1.59. The van der Waals surface area contributed by atoms with Crippen LogP contribution in [0.25, 0.3) is 0 Å². The number of hydrogen-bond acceptors (Lipinski definition) is 1. The zero-order chi connectivity index (χ0) is 10.8. The van der Waals surface area contributed by atoms with E-state index in [-0.39, 0.29) is 4.99 Å². The second-order valence-corrected chi connectivity index (χ2v) is 5.58. The van der Waals surface area contributed by atoms with E-state index in [9.17, 15) is 0 Å². The predicted molar refractivity (Wildman–Crippen MR) is 68.0 cm³/mol. The maximum absolute atomic E-state index is 5.70. The molecule has 1 aromatic rings. The second-order valence-electron chi connectivity index (χ2n) is 2.46. The maximum Gasteiger partial charge on any atom is 0.240 e. The zero-order valence-electron chi connectivity index (χ0n) is 6.73. The molecular weight excluding hydrogens is 284 g/mol. The number of rotatable bonds is 1. The Morgan fingerprint density at radius 3 is 2.07 bits per heavy atom. The molecule has 0 amide bonds. The van der Waals surface area contributed by atoms with Gasteiger partial charge < -0.3 is 5.32 Å². The van der Waals surface area contributed by atoms with E-state index in [1.54, 1.807) is 24.3 Å². The van der Waals surface area contributed by atoms with E-state index in [1.165, 1.54) is 0 Å². The largest absolute Gasteiger partial charge is 0.346 e. The predicted octanol–water partition coefficient (Wildman–Crippen LogP) is 4.45. The molecule has 0 fully saturated rings. The van der Waals surface area contributed by atoms with Crippen LogP contribution < -0.4 is 5.32 Å². The Hall–Kier alpha value is 0.270. The average Bonchev–Trinajstić information content (AvgIpc) is 2.07. The summed E-state index contributed by atoms with van der Waals surface area (Å²) in [5, 5.41) is 3.42. The Morgan fingerprint density at radius 1 is 1.14 bits per heavy atom. The summed E-state index contributed by atoms with van der Waals surface area (Å²) in [5.74, 6) is 0. The molecule has 0 aliphatic rings. The van der Waals surface area contributed by atoms with Gasteiger partial charge in [-0.25, -0.2) is 0 Å². The highest BCUT2D eigenvalue weighted by molar-refractivity contribution is 7.81. The molecule has 76 valence electrons. The number of benzene rings is 1. The van der Waals surface area contributed by atoms with Gasteiger partial charge in [-0.15, -0.1) is 0 Å². The van der Waals surface area contributed by atoms with E-state index in [0.29, 0.717) is 5.02 Å². The molecule has 0 aliphatic heterocycles. The van der Waals surface area contributed by atoms with E-state index in [2.05, 4.69) is 5.32 Å². The van der Waals surface area contributed by atoms with Crippen molar-refractivity contribution in [2.24, 2.45) is 0 Å². The lowest BCUT2D eigenvalue weighted by Gasteiger charge is -2.14. The van der Waals surface area contributed by atoms with Gasteiger partial charge in [-0.1, -0.05) is 58.6 Å². The first-order valence-corrected chi connectivity index (χ1v) is 5.45. The third kappa shape index (κ3) is 3.79. The van der Waals surface area contributed by atoms with Crippen molar-refractivity contribution in [3.05, 3.63) is 29.3 Å². The van der Waals surface area contributed by atoms with E-state index >= 15 is 0 Å². The van der Waals surface area contributed by atoms with Crippen LogP contribution in [0.3, 0.4) is 0 Å². The lowest BCUT2D eigenvalue weighted by molar-refractivity contribution is 1.54. The monoisotopic (exact) mass is 287 g/mol. The number of hydrogen-bond donors (Lipinski definition) is 1. The third-order valence-electron chi connectivity index (χ3n) is 1.36. The molecule has 0 saturated heterocycles. The summed E-state index contributed by atoms with van der Waals surface area (Å²) in [4.78, 5) is 0.129. The minimum Gasteiger partial charge on any atom is -0.346 e. The molecule has 1 N–H and O–H groups in total. The Kier molecular flexibility index (Phi) is 4.29. The normalized spacial score (nSPS) is 11.1. The first kappa shape index (κ1) is 12.3. The summed E-state index contributed by atoms with van der Waals surface area (Å²) in [7, 11) is 0. The second kappa shape index (κ2) is 4.86. The Labute approximate surface area is 107 Å². The van der Waals surface area contributed by atoms with Crippen molar-refractivity contribution in [1.82, 2.24) is 0 Å². The fourth-order valence-electron chi connectivity index (χ4n) is 0.735. The number of nitrogens with one attached hydrogen (secondary N) is 1. The molecule has 1 nitrogen and oxygen atoms in total. The van der Waals surface area contributed by atoms with E-state index in [0.717, 1.165) is 5.69 Å². The van der Waals surface area contributed by atoms with Gasteiger partial charge in [-0.3, -0.25) is 0 Å². The Bertz CT molecular complexity index is 330. The van der Waals surface area contributed by atoms with Gasteiger partial charge in [0.25, 0.3) is 0 Å². The molecular formula is C8H5Cl4NS. The van der Waals surface area contributed by atoms with Crippen molar-refractivity contribution in [3.8, 4) is 0 Å². The molecule has 0 bridgehead atoms. The third-order valence-corrected chi connectivity index (χ3v) is 2.92.